The van der Waals surface area contributed by atoms with Crippen LogP contribution in [0.5, 0.6) is 0 Å². The summed E-state index contributed by atoms with van der Waals surface area (Å²) in [6.07, 6.45) is 0.256. The molecule has 4 heteroatoms. The van der Waals surface area contributed by atoms with Crippen molar-refractivity contribution in [3.8, 4) is 0 Å². The molecular weight excluding hydrogens is 204 g/mol. The molecule has 0 saturated heterocycles. The van der Waals surface area contributed by atoms with Gasteiger partial charge >= 0.3 is 0 Å². The molecule has 0 aliphatic heterocycles. The van der Waals surface area contributed by atoms with Gasteiger partial charge in [0.05, 0.1) is 5.92 Å². The summed E-state index contributed by atoms with van der Waals surface area (Å²) in [5.74, 6) is 1.20. The Balaban J connectivity index is 1.91. The molecule has 1 aromatic carbocycles. The zero-order chi connectivity index (χ0) is 11.1. The fourth-order valence-electron chi connectivity index (χ4n) is 2.05. The molecule has 2 aromatic rings. The van der Waals surface area contributed by atoms with Crippen LogP contribution in [0.25, 0.3) is 0 Å². The van der Waals surface area contributed by atoms with Crippen LogP contribution in [0.2, 0.25) is 0 Å². The van der Waals surface area contributed by atoms with Crippen molar-refractivity contribution in [2.75, 3.05) is 0 Å². The number of benzene rings is 1. The van der Waals surface area contributed by atoms with E-state index in [2.05, 4.69) is 22.3 Å². The van der Waals surface area contributed by atoms with Gasteiger partial charge in [-0.3, -0.25) is 0 Å². The summed E-state index contributed by atoms with van der Waals surface area (Å²) in [7, 11) is 0. The van der Waals surface area contributed by atoms with Gasteiger partial charge in [0.2, 0.25) is 0 Å². The first-order chi connectivity index (χ1) is 7.75. The second kappa shape index (κ2) is 3.42. The highest BCUT2D eigenvalue weighted by Crippen LogP contribution is 2.38. The number of aromatic nitrogens is 2. The van der Waals surface area contributed by atoms with Crippen molar-refractivity contribution in [2.24, 2.45) is 0 Å². The van der Waals surface area contributed by atoms with Gasteiger partial charge in [0.25, 0.3) is 5.89 Å². The zero-order valence-electron chi connectivity index (χ0n) is 8.92. The normalized spacial score (nSPS) is 20.0. The number of aliphatic hydroxyl groups is 1. The van der Waals surface area contributed by atoms with E-state index in [0.29, 0.717) is 11.7 Å². The average molecular weight is 216 g/mol. The zero-order valence-corrected chi connectivity index (χ0v) is 8.92. The third kappa shape index (κ3) is 1.34. The third-order valence-electron chi connectivity index (χ3n) is 2.98. The number of rotatable bonds is 2. The van der Waals surface area contributed by atoms with Gasteiger partial charge in [-0.05, 0) is 24.5 Å². The van der Waals surface area contributed by atoms with Gasteiger partial charge in [-0.15, -0.1) is 0 Å². The van der Waals surface area contributed by atoms with Gasteiger partial charge < -0.3 is 9.63 Å². The van der Waals surface area contributed by atoms with Crippen LogP contribution in [0.1, 0.15) is 41.8 Å². The lowest BCUT2D eigenvalue weighted by Gasteiger charge is -2.27. The lowest BCUT2D eigenvalue weighted by atomic mass is 9.77. The Bertz CT molecular complexity index is 519. The van der Waals surface area contributed by atoms with Gasteiger partial charge in [0.15, 0.2) is 5.82 Å². The predicted molar refractivity (Wildman–Crippen MR) is 56.9 cm³/mol. The highest BCUT2D eigenvalue weighted by atomic mass is 16.5. The van der Waals surface area contributed by atoms with E-state index in [1.54, 1.807) is 6.92 Å². The molecule has 1 aromatic heterocycles. The number of hydrogen-bond donors (Lipinski definition) is 1. The number of fused-ring (bicyclic) bond motifs is 1. The van der Waals surface area contributed by atoms with Gasteiger partial charge in [-0.1, -0.05) is 29.4 Å². The third-order valence-corrected chi connectivity index (χ3v) is 2.98. The first-order valence-corrected chi connectivity index (χ1v) is 5.35. The maximum atomic E-state index is 9.31. The smallest absolute Gasteiger partial charge is 0.255 e. The highest BCUT2D eigenvalue weighted by molar-refractivity contribution is 5.43. The van der Waals surface area contributed by atoms with E-state index < -0.39 is 6.10 Å². The first-order valence-electron chi connectivity index (χ1n) is 5.35. The van der Waals surface area contributed by atoms with E-state index in [4.69, 9.17) is 4.52 Å². The monoisotopic (exact) mass is 216 g/mol. The molecule has 16 heavy (non-hydrogen) atoms. The van der Waals surface area contributed by atoms with Crippen LogP contribution >= 0.6 is 0 Å². The molecule has 2 atom stereocenters. The van der Waals surface area contributed by atoms with Crippen LogP contribution in [-0.2, 0) is 6.42 Å². The molecule has 2 unspecified atom stereocenters. The summed E-state index contributed by atoms with van der Waals surface area (Å²) >= 11 is 0. The Labute approximate surface area is 92.9 Å². The molecular formula is C12H12N2O2. The molecule has 0 spiro atoms. The molecule has 1 heterocycles. The highest BCUT2D eigenvalue weighted by Gasteiger charge is 2.31. The minimum atomic E-state index is -0.698. The van der Waals surface area contributed by atoms with Crippen molar-refractivity contribution in [1.82, 2.24) is 10.1 Å². The largest absolute Gasteiger partial charge is 0.384 e. The van der Waals surface area contributed by atoms with E-state index in [-0.39, 0.29) is 5.92 Å². The van der Waals surface area contributed by atoms with Crippen LogP contribution in [0, 0.1) is 0 Å². The van der Waals surface area contributed by atoms with E-state index in [1.807, 2.05) is 12.1 Å². The molecule has 0 radical (unpaired) electrons. The second-order valence-corrected chi connectivity index (χ2v) is 4.12. The minimum Gasteiger partial charge on any atom is -0.384 e. The van der Waals surface area contributed by atoms with Crippen LogP contribution in [0.3, 0.4) is 0 Å². The maximum absolute atomic E-state index is 9.31. The summed E-state index contributed by atoms with van der Waals surface area (Å²) in [6.45, 7) is 1.62. The minimum absolute atomic E-state index is 0.229. The number of nitrogens with zero attached hydrogens (tertiary/aromatic N) is 2. The van der Waals surface area contributed by atoms with Gasteiger partial charge in [-0.2, -0.15) is 4.98 Å². The quantitative estimate of drug-likeness (QED) is 0.831. The lowest BCUT2D eigenvalue weighted by molar-refractivity contribution is 0.151. The van der Waals surface area contributed by atoms with Crippen molar-refractivity contribution in [1.29, 1.82) is 0 Å². The van der Waals surface area contributed by atoms with Gasteiger partial charge in [0, 0.05) is 0 Å². The standard InChI is InChI=1S/C12H12N2O2/c1-7(15)12-13-11(14-16-12)10-6-8-4-2-3-5-9(8)10/h2-5,7,10,15H,6H2,1H3. The van der Waals surface area contributed by atoms with Crippen LogP contribution < -0.4 is 0 Å². The predicted octanol–water partition coefficient (Wildman–Crippen LogP) is 1.81. The summed E-state index contributed by atoms with van der Waals surface area (Å²) in [6, 6.07) is 8.25. The van der Waals surface area contributed by atoms with E-state index >= 15 is 0 Å². The van der Waals surface area contributed by atoms with Gasteiger partial charge in [0.1, 0.15) is 6.10 Å². The summed E-state index contributed by atoms with van der Waals surface area (Å²) in [5, 5.41) is 13.2. The van der Waals surface area contributed by atoms with Crippen molar-refractivity contribution in [3.63, 3.8) is 0 Å². The number of hydrogen-bond acceptors (Lipinski definition) is 4. The number of aliphatic hydroxyl groups excluding tert-OH is 1. The topological polar surface area (TPSA) is 59.2 Å². The Kier molecular flexibility index (Phi) is 2.04. The molecule has 0 saturated carbocycles. The summed E-state index contributed by atoms with van der Waals surface area (Å²) in [4.78, 5) is 4.20. The molecule has 1 N–H and O–H groups in total. The van der Waals surface area contributed by atoms with Crippen molar-refractivity contribution >= 4 is 0 Å². The van der Waals surface area contributed by atoms with E-state index in [9.17, 15) is 5.11 Å². The molecule has 0 fully saturated rings. The molecule has 1 aliphatic rings. The second-order valence-electron chi connectivity index (χ2n) is 4.12. The Hall–Kier alpha value is -1.68. The summed E-state index contributed by atoms with van der Waals surface area (Å²) in [5.41, 5.74) is 2.61. The Morgan fingerprint density at radius 2 is 2.25 bits per heavy atom. The van der Waals surface area contributed by atoms with Crippen molar-refractivity contribution in [3.05, 3.63) is 47.1 Å². The first kappa shape index (κ1) is 9.54. The lowest BCUT2D eigenvalue weighted by Crippen LogP contribution is -2.19. The van der Waals surface area contributed by atoms with Crippen LogP contribution in [-0.4, -0.2) is 15.2 Å². The fraction of sp³-hybridized carbons (Fsp3) is 0.333. The molecule has 0 bridgehead atoms. The van der Waals surface area contributed by atoms with Crippen molar-refractivity contribution < 1.29 is 9.63 Å². The van der Waals surface area contributed by atoms with E-state index in [1.165, 1.54) is 11.1 Å². The van der Waals surface area contributed by atoms with Crippen LogP contribution in [0.15, 0.2) is 28.8 Å². The van der Waals surface area contributed by atoms with Crippen molar-refractivity contribution in [2.45, 2.75) is 25.4 Å². The molecule has 3 rings (SSSR count). The maximum Gasteiger partial charge on any atom is 0.255 e. The Morgan fingerprint density at radius 3 is 2.94 bits per heavy atom. The van der Waals surface area contributed by atoms with E-state index in [0.717, 1.165) is 6.42 Å². The summed E-state index contributed by atoms with van der Waals surface area (Å²) < 4.78 is 4.99. The molecule has 1 aliphatic carbocycles. The Morgan fingerprint density at radius 1 is 1.44 bits per heavy atom. The van der Waals surface area contributed by atoms with Crippen LogP contribution in [0.4, 0.5) is 0 Å². The average Bonchev–Trinajstić information content (AvgIpc) is 2.69. The molecule has 4 nitrogen and oxygen atoms in total. The molecule has 82 valence electrons. The van der Waals surface area contributed by atoms with Gasteiger partial charge in [-0.25, -0.2) is 0 Å². The SMILES string of the molecule is CC(O)c1nc(C2Cc3ccccc32)no1. The fourth-order valence-corrected chi connectivity index (χ4v) is 2.05. The molecule has 0 amide bonds.